The summed E-state index contributed by atoms with van der Waals surface area (Å²) in [6.45, 7) is 4.52. The lowest BCUT2D eigenvalue weighted by molar-refractivity contribution is -0.253. The van der Waals surface area contributed by atoms with Crippen LogP contribution in [0.25, 0.3) is 0 Å². The maximum atomic E-state index is 17.4. The lowest BCUT2D eigenvalue weighted by Crippen LogP contribution is -2.70. The zero-order valence-electron chi connectivity index (χ0n) is 21.2. The molecule has 6 aliphatic rings. The number of carbonyl (C=O) groups excluding carboxylic acids is 3. The molecule has 1 spiro atoms. The smallest absolute Gasteiger partial charge is 0.303 e. The van der Waals surface area contributed by atoms with E-state index < -0.39 is 58.6 Å². The van der Waals surface area contributed by atoms with Crippen molar-refractivity contribution in [2.45, 2.75) is 101 Å². The van der Waals surface area contributed by atoms with E-state index in [1.807, 2.05) is 6.92 Å². The molecule has 0 bridgehead atoms. The summed E-state index contributed by atoms with van der Waals surface area (Å²) < 4.78 is 35.8. The van der Waals surface area contributed by atoms with Crippen LogP contribution in [0.2, 0.25) is 0 Å². The van der Waals surface area contributed by atoms with Crippen molar-refractivity contribution in [2.24, 2.45) is 22.7 Å². The van der Waals surface area contributed by atoms with Gasteiger partial charge in [0.25, 0.3) is 0 Å². The Bertz CT molecular complexity index is 1090. The van der Waals surface area contributed by atoms with Crippen LogP contribution in [-0.4, -0.2) is 58.5 Å². The number of allylic oxidation sites excluding steroid dienone is 4. The van der Waals surface area contributed by atoms with Gasteiger partial charge in [-0.2, -0.15) is 0 Å². The number of Topliss-reactive ketones (excluding diaryl/α,β-unsaturated/α-hetero) is 1. The van der Waals surface area contributed by atoms with Crippen LogP contribution in [0.3, 0.4) is 0 Å². The number of aliphatic hydroxyl groups is 1. The summed E-state index contributed by atoms with van der Waals surface area (Å²) >= 11 is 0. The zero-order valence-corrected chi connectivity index (χ0v) is 21.2. The molecule has 0 radical (unpaired) electrons. The third-order valence-electron chi connectivity index (χ3n) is 10.7. The van der Waals surface area contributed by atoms with Crippen LogP contribution in [0.15, 0.2) is 23.8 Å². The highest BCUT2D eigenvalue weighted by Crippen LogP contribution is 2.73. The maximum Gasteiger partial charge on any atom is 0.303 e. The molecule has 0 aromatic rings. The zero-order chi connectivity index (χ0) is 25.7. The molecule has 8 atom stereocenters. The highest BCUT2D eigenvalue weighted by Gasteiger charge is 2.80. The monoisotopic (exact) mass is 502 g/mol. The number of carbonyl (C=O) groups is 3. The van der Waals surface area contributed by atoms with Gasteiger partial charge in [0.15, 0.2) is 29.4 Å². The first-order valence-electron chi connectivity index (χ1n) is 13.3. The van der Waals surface area contributed by atoms with Crippen molar-refractivity contribution >= 4 is 17.5 Å². The fourth-order valence-electron chi connectivity index (χ4n) is 9.04. The van der Waals surface area contributed by atoms with E-state index in [0.717, 1.165) is 12.8 Å². The van der Waals surface area contributed by atoms with Gasteiger partial charge in [-0.1, -0.05) is 18.6 Å². The minimum atomic E-state index is -2.00. The van der Waals surface area contributed by atoms with E-state index in [1.165, 1.54) is 19.1 Å². The van der Waals surface area contributed by atoms with Crippen molar-refractivity contribution in [3.8, 4) is 0 Å². The molecule has 36 heavy (non-hydrogen) atoms. The van der Waals surface area contributed by atoms with Gasteiger partial charge in [-0.3, -0.25) is 14.4 Å². The Balaban J connectivity index is 1.44. The van der Waals surface area contributed by atoms with Gasteiger partial charge in [-0.15, -0.1) is 0 Å². The standard InChI is InChI=1S/C28H35FO7/c1-16(30)34-15-22(33)28-23(35-26(36-28)9-4-5-10-26)13-20-19-7-6-17-12-18(31)8-11-24(17,2)27(19,29)21(32)14-25(20,28)3/h8,11-12,19-21,23,32H,4-7,9-10,13-15H2,1-3H3/t19-,20+,21+,23-,24+,25+,27+,28-/m1/s1. The van der Waals surface area contributed by atoms with Crippen LogP contribution < -0.4 is 0 Å². The van der Waals surface area contributed by atoms with Gasteiger partial charge < -0.3 is 19.3 Å². The van der Waals surface area contributed by atoms with Gasteiger partial charge in [-0.05, 0) is 63.5 Å². The largest absolute Gasteiger partial charge is 0.458 e. The average molecular weight is 503 g/mol. The molecule has 5 fully saturated rings. The van der Waals surface area contributed by atoms with E-state index in [0.29, 0.717) is 37.7 Å². The Hall–Kier alpha value is -1.90. The lowest BCUT2D eigenvalue weighted by Gasteiger charge is -2.62. The fraction of sp³-hybridized carbons (Fsp3) is 0.750. The molecule has 0 aromatic heterocycles. The first-order chi connectivity index (χ1) is 16.9. The van der Waals surface area contributed by atoms with E-state index in [4.69, 9.17) is 14.2 Å². The number of esters is 1. The normalized spacial score (nSPS) is 48.1. The first-order valence-corrected chi connectivity index (χ1v) is 13.3. The quantitative estimate of drug-likeness (QED) is 0.590. The molecule has 4 saturated carbocycles. The van der Waals surface area contributed by atoms with Gasteiger partial charge in [0.05, 0.1) is 12.2 Å². The van der Waals surface area contributed by atoms with E-state index in [1.54, 1.807) is 13.0 Å². The number of halogens is 1. The van der Waals surface area contributed by atoms with Crippen LogP contribution in [0.4, 0.5) is 4.39 Å². The summed E-state index contributed by atoms with van der Waals surface area (Å²) in [7, 11) is 0. The number of aliphatic hydroxyl groups excluding tert-OH is 1. The summed E-state index contributed by atoms with van der Waals surface area (Å²) in [6, 6.07) is 0. The highest BCUT2D eigenvalue weighted by atomic mass is 19.1. The van der Waals surface area contributed by atoms with E-state index in [9.17, 15) is 19.5 Å². The van der Waals surface area contributed by atoms with Gasteiger partial charge in [0, 0.05) is 36.5 Å². The number of alkyl halides is 1. The van der Waals surface area contributed by atoms with Crippen molar-refractivity contribution in [1.82, 2.24) is 0 Å². The SMILES string of the molecule is CC(=O)OCC(=O)[C@@]12OC3(CCCC3)O[C@@H]1C[C@H]1[C@H]3CCC4=CC(=O)C=C[C@]4(C)[C@@]3(F)[C@@H](O)C[C@@]12C. The van der Waals surface area contributed by atoms with Gasteiger partial charge in [-0.25, -0.2) is 4.39 Å². The number of hydrogen-bond donors (Lipinski definition) is 1. The summed E-state index contributed by atoms with van der Waals surface area (Å²) in [6.07, 6.45) is 7.23. The van der Waals surface area contributed by atoms with Crippen LogP contribution in [-0.2, 0) is 28.6 Å². The molecule has 0 aromatic carbocycles. The fourth-order valence-corrected chi connectivity index (χ4v) is 9.04. The molecule has 6 rings (SSSR count). The molecule has 5 aliphatic carbocycles. The van der Waals surface area contributed by atoms with Gasteiger partial charge >= 0.3 is 5.97 Å². The minimum Gasteiger partial charge on any atom is -0.458 e. The molecule has 7 nitrogen and oxygen atoms in total. The topological polar surface area (TPSA) is 99.1 Å². The molecule has 196 valence electrons. The second-order valence-electron chi connectivity index (χ2n) is 12.3. The molecular formula is C28H35FO7. The number of hydrogen-bond acceptors (Lipinski definition) is 7. The second kappa shape index (κ2) is 7.58. The van der Waals surface area contributed by atoms with Crippen LogP contribution >= 0.6 is 0 Å². The van der Waals surface area contributed by atoms with Crippen LogP contribution in [0, 0.1) is 22.7 Å². The van der Waals surface area contributed by atoms with Crippen LogP contribution in [0.1, 0.15) is 72.1 Å². The van der Waals surface area contributed by atoms with Crippen LogP contribution in [0.5, 0.6) is 0 Å². The lowest BCUT2D eigenvalue weighted by atomic mass is 9.44. The summed E-state index contributed by atoms with van der Waals surface area (Å²) in [5.74, 6) is -2.80. The van der Waals surface area contributed by atoms with Crippen molar-refractivity contribution in [1.29, 1.82) is 0 Å². The molecular weight excluding hydrogens is 467 g/mol. The maximum absolute atomic E-state index is 17.4. The Labute approximate surface area is 210 Å². The average Bonchev–Trinajstić information content (AvgIpc) is 3.47. The predicted octanol–water partition coefficient (Wildman–Crippen LogP) is 3.52. The minimum absolute atomic E-state index is 0.0110. The molecule has 1 saturated heterocycles. The molecule has 1 heterocycles. The predicted molar refractivity (Wildman–Crippen MR) is 125 cm³/mol. The van der Waals surface area contributed by atoms with Crippen molar-refractivity contribution in [3.63, 3.8) is 0 Å². The summed E-state index contributed by atoms with van der Waals surface area (Å²) in [4.78, 5) is 37.5. The molecule has 8 heteroatoms. The molecule has 0 amide bonds. The first kappa shape index (κ1) is 24.4. The Morgan fingerprint density at radius 1 is 1.22 bits per heavy atom. The highest BCUT2D eigenvalue weighted by molar-refractivity contribution is 6.01. The number of fused-ring (bicyclic) bond motifs is 7. The third-order valence-corrected chi connectivity index (χ3v) is 10.7. The van der Waals surface area contributed by atoms with Gasteiger partial charge in [0.1, 0.15) is 0 Å². The molecule has 1 aliphatic heterocycles. The number of ether oxygens (including phenoxy) is 3. The van der Waals surface area contributed by atoms with E-state index >= 15 is 4.39 Å². The Morgan fingerprint density at radius 2 is 1.94 bits per heavy atom. The number of rotatable bonds is 3. The van der Waals surface area contributed by atoms with E-state index in [-0.39, 0.29) is 23.9 Å². The van der Waals surface area contributed by atoms with Crippen molar-refractivity contribution < 1.29 is 38.1 Å². The summed E-state index contributed by atoms with van der Waals surface area (Å²) in [5.41, 5.74) is -4.72. The number of ketones is 2. The Morgan fingerprint density at radius 3 is 2.64 bits per heavy atom. The summed E-state index contributed by atoms with van der Waals surface area (Å²) in [5, 5.41) is 11.6. The second-order valence-corrected chi connectivity index (χ2v) is 12.3. The molecule has 0 unspecified atom stereocenters. The van der Waals surface area contributed by atoms with Gasteiger partial charge in [0.2, 0.25) is 5.78 Å². The van der Waals surface area contributed by atoms with Crippen molar-refractivity contribution in [2.75, 3.05) is 6.61 Å². The van der Waals surface area contributed by atoms with Crippen molar-refractivity contribution in [3.05, 3.63) is 23.8 Å². The Kier molecular flexibility index (Phi) is 5.14. The van der Waals surface area contributed by atoms with E-state index in [2.05, 4.69) is 0 Å². The molecule has 1 N–H and O–H groups in total. The third kappa shape index (κ3) is 2.81.